The molecule has 1 heterocycles. The number of hydrogen-bond acceptors (Lipinski definition) is 4. The molecule has 1 aliphatic carbocycles. The normalized spacial score (nSPS) is 16.5. The number of para-hydroxylation sites is 1. The zero-order valence-electron chi connectivity index (χ0n) is 10.7. The Balaban J connectivity index is 1.82. The number of hydrogen-bond donors (Lipinski definition) is 1. The van der Waals surface area contributed by atoms with Crippen LogP contribution in [0.5, 0.6) is 0 Å². The molecular weight excluding hydrogens is 226 g/mol. The Morgan fingerprint density at radius 2 is 2.17 bits per heavy atom. The van der Waals surface area contributed by atoms with E-state index < -0.39 is 0 Å². The quantitative estimate of drug-likeness (QED) is 0.844. The lowest BCUT2D eigenvalue weighted by Gasteiger charge is -2.18. The maximum Gasteiger partial charge on any atom is 0.298 e. The first-order valence-electron chi connectivity index (χ1n) is 6.60. The van der Waals surface area contributed by atoms with Crippen molar-refractivity contribution < 1.29 is 4.42 Å². The molecule has 18 heavy (non-hydrogen) atoms. The van der Waals surface area contributed by atoms with E-state index in [9.17, 15) is 0 Å². The van der Waals surface area contributed by atoms with Gasteiger partial charge in [-0.1, -0.05) is 18.9 Å². The smallest absolute Gasteiger partial charge is 0.298 e. The minimum Gasteiger partial charge on any atom is -0.423 e. The van der Waals surface area contributed by atoms with Crippen LogP contribution in [0.2, 0.25) is 0 Å². The van der Waals surface area contributed by atoms with Gasteiger partial charge in [0.25, 0.3) is 6.01 Å². The highest BCUT2D eigenvalue weighted by Gasteiger charge is 2.19. The average Bonchev–Trinajstić information content (AvgIpc) is 2.97. The molecule has 0 aliphatic heterocycles. The number of anilines is 2. The summed E-state index contributed by atoms with van der Waals surface area (Å²) in [5.41, 5.74) is 8.11. The molecule has 3 rings (SSSR count). The Labute approximate surface area is 107 Å². The molecule has 0 amide bonds. The molecule has 0 spiro atoms. The highest BCUT2D eigenvalue weighted by molar-refractivity contribution is 5.86. The fourth-order valence-corrected chi connectivity index (χ4v) is 2.78. The van der Waals surface area contributed by atoms with Crippen LogP contribution in [0, 0.1) is 5.92 Å². The molecule has 1 aliphatic rings. The maximum atomic E-state index is 5.89. The summed E-state index contributed by atoms with van der Waals surface area (Å²) < 4.78 is 5.76. The standard InChI is InChI=1S/C14H19N3O/c1-17(9-10-5-2-3-6-10)14-16-13-11(15)7-4-8-12(13)18-14/h4,7-8,10H,2-3,5-6,9,15H2,1H3. The third-order valence-corrected chi connectivity index (χ3v) is 3.77. The molecule has 0 saturated heterocycles. The molecule has 1 aromatic carbocycles. The van der Waals surface area contributed by atoms with Crippen molar-refractivity contribution in [1.29, 1.82) is 0 Å². The van der Waals surface area contributed by atoms with E-state index in [0.29, 0.717) is 11.7 Å². The van der Waals surface area contributed by atoms with E-state index in [1.54, 1.807) is 0 Å². The third-order valence-electron chi connectivity index (χ3n) is 3.77. The van der Waals surface area contributed by atoms with Gasteiger partial charge in [-0.3, -0.25) is 0 Å². The number of benzene rings is 1. The van der Waals surface area contributed by atoms with Crippen molar-refractivity contribution in [1.82, 2.24) is 4.98 Å². The lowest BCUT2D eigenvalue weighted by Crippen LogP contribution is -2.24. The molecule has 1 aromatic heterocycles. The fraction of sp³-hybridized carbons (Fsp3) is 0.500. The van der Waals surface area contributed by atoms with Crippen LogP contribution in [0.1, 0.15) is 25.7 Å². The Morgan fingerprint density at radius 1 is 1.39 bits per heavy atom. The molecule has 2 N–H and O–H groups in total. The first kappa shape index (κ1) is 11.4. The largest absolute Gasteiger partial charge is 0.423 e. The fourth-order valence-electron chi connectivity index (χ4n) is 2.78. The molecule has 96 valence electrons. The van der Waals surface area contributed by atoms with Crippen LogP contribution in [0.25, 0.3) is 11.1 Å². The second-order valence-electron chi connectivity index (χ2n) is 5.22. The van der Waals surface area contributed by atoms with Crippen LogP contribution in [-0.4, -0.2) is 18.6 Å². The lowest BCUT2D eigenvalue weighted by molar-refractivity contribution is 0.509. The zero-order chi connectivity index (χ0) is 12.5. The minimum atomic E-state index is 0.676. The van der Waals surface area contributed by atoms with E-state index in [-0.39, 0.29) is 0 Å². The predicted octanol–water partition coefficient (Wildman–Crippen LogP) is 3.04. The predicted molar refractivity (Wildman–Crippen MR) is 73.6 cm³/mol. The van der Waals surface area contributed by atoms with Gasteiger partial charge in [-0.05, 0) is 30.9 Å². The summed E-state index contributed by atoms with van der Waals surface area (Å²) >= 11 is 0. The second kappa shape index (κ2) is 4.52. The monoisotopic (exact) mass is 245 g/mol. The van der Waals surface area contributed by atoms with E-state index in [1.165, 1.54) is 25.7 Å². The van der Waals surface area contributed by atoms with E-state index in [0.717, 1.165) is 23.6 Å². The summed E-state index contributed by atoms with van der Waals surface area (Å²) in [6.07, 6.45) is 5.37. The molecule has 4 nitrogen and oxygen atoms in total. The van der Waals surface area contributed by atoms with Crippen molar-refractivity contribution in [2.24, 2.45) is 5.92 Å². The first-order chi connectivity index (χ1) is 8.74. The Morgan fingerprint density at radius 3 is 2.89 bits per heavy atom. The molecule has 1 fully saturated rings. The van der Waals surface area contributed by atoms with Gasteiger partial charge < -0.3 is 15.1 Å². The van der Waals surface area contributed by atoms with Gasteiger partial charge in [0.1, 0.15) is 5.52 Å². The van der Waals surface area contributed by atoms with Crippen LogP contribution in [-0.2, 0) is 0 Å². The molecule has 0 unspecified atom stereocenters. The van der Waals surface area contributed by atoms with Gasteiger partial charge in [0.2, 0.25) is 0 Å². The average molecular weight is 245 g/mol. The highest BCUT2D eigenvalue weighted by atomic mass is 16.4. The number of oxazole rings is 1. The summed E-state index contributed by atoms with van der Waals surface area (Å²) in [6.45, 7) is 1.02. The van der Waals surface area contributed by atoms with Crippen LogP contribution in [0.4, 0.5) is 11.7 Å². The molecule has 0 atom stereocenters. The molecule has 1 saturated carbocycles. The highest BCUT2D eigenvalue weighted by Crippen LogP contribution is 2.29. The van der Waals surface area contributed by atoms with E-state index in [4.69, 9.17) is 10.2 Å². The van der Waals surface area contributed by atoms with E-state index in [1.807, 2.05) is 25.2 Å². The molecule has 2 aromatic rings. The number of nitrogens with two attached hydrogens (primary N) is 1. The van der Waals surface area contributed by atoms with Crippen molar-refractivity contribution in [2.45, 2.75) is 25.7 Å². The summed E-state index contributed by atoms with van der Waals surface area (Å²) in [6, 6.07) is 6.33. The summed E-state index contributed by atoms with van der Waals surface area (Å²) in [4.78, 5) is 6.60. The SMILES string of the molecule is CN(CC1CCCC1)c1nc2c(N)cccc2o1. The molecule has 0 radical (unpaired) electrons. The van der Waals surface area contributed by atoms with Gasteiger partial charge in [-0.15, -0.1) is 0 Å². The third kappa shape index (κ3) is 2.03. The zero-order valence-corrected chi connectivity index (χ0v) is 10.7. The number of nitrogens with zero attached hydrogens (tertiary/aromatic N) is 2. The van der Waals surface area contributed by atoms with Gasteiger partial charge in [0.05, 0.1) is 5.69 Å². The number of rotatable bonds is 3. The van der Waals surface area contributed by atoms with Gasteiger partial charge in [-0.2, -0.15) is 4.98 Å². The van der Waals surface area contributed by atoms with Gasteiger partial charge in [0.15, 0.2) is 5.58 Å². The first-order valence-corrected chi connectivity index (χ1v) is 6.60. The molecule has 0 bridgehead atoms. The van der Waals surface area contributed by atoms with Gasteiger partial charge in [0, 0.05) is 13.6 Å². The number of aromatic nitrogens is 1. The van der Waals surface area contributed by atoms with Crippen molar-refractivity contribution in [3.05, 3.63) is 18.2 Å². The summed E-state index contributed by atoms with van der Waals surface area (Å²) in [5.74, 6) is 0.780. The minimum absolute atomic E-state index is 0.676. The lowest BCUT2D eigenvalue weighted by atomic mass is 10.1. The maximum absolute atomic E-state index is 5.89. The Hall–Kier alpha value is -1.71. The van der Waals surface area contributed by atoms with Crippen LogP contribution in [0.3, 0.4) is 0 Å². The Bertz CT molecular complexity index is 543. The van der Waals surface area contributed by atoms with Crippen LogP contribution >= 0.6 is 0 Å². The van der Waals surface area contributed by atoms with Crippen molar-refractivity contribution in [2.75, 3.05) is 24.2 Å². The van der Waals surface area contributed by atoms with Crippen molar-refractivity contribution >= 4 is 22.8 Å². The number of nitrogen functional groups attached to an aromatic ring is 1. The van der Waals surface area contributed by atoms with Crippen molar-refractivity contribution in [3.8, 4) is 0 Å². The molecule has 4 heteroatoms. The topological polar surface area (TPSA) is 55.3 Å². The number of fused-ring (bicyclic) bond motifs is 1. The van der Waals surface area contributed by atoms with Crippen molar-refractivity contribution in [3.63, 3.8) is 0 Å². The van der Waals surface area contributed by atoms with Crippen LogP contribution < -0.4 is 10.6 Å². The Kier molecular flexibility index (Phi) is 2.86. The van der Waals surface area contributed by atoms with E-state index >= 15 is 0 Å². The molecular formula is C14H19N3O. The van der Waals surface area contributed by atoms with Gasteiger partial charge >= 0.3 is 0 Å². The van der Waals surface area contributed by atoms with Crippen LogP contribution in [0.15, 0.2) is 22.6 Å². The summed E-state index contributed by atoms with van der Waals surface area (Å²) in [5, 5.41) is 0. The second-order valence-corrected chi connectivity index (χ2v) is 5.22. The van der Waals surface area contributed by atoms with E-state index in [2.05, 4.69) is 9.88 Å². The summed E-state index contributed by atoms with van der Waals surface area (Å²) in [7, 11) is 2.04. The van der Waals surface area contributed by atoms with Gasteiger partial charge in [-0.25, -0.2) is 0 Å².